The second-order valence-corrected chi connectivity index (χ2v) is 3.01. The lowest BCUT2D eigenvalue weighted by Gasteiger charge is -2.23. The topological polar surface area (TPSA) is 40.5 Å². The van der Waals surface area contributed by atoms with Crippen molar-refractivity contribution in [2.24, 2.45) is 0 Å². The highest BCUT2D eigenvalue weighted by atomic mass is 16.3. The van der Waals surface area contributed by atoms with Crippen LogP contribution in [0.2, 0.25) is 0 Å². The van der Waals surface area contributed by atoms with Gasteiger partial charge in [-0.1, -0.05) is 6.07 Å². The molecule has 0 saturated carbocycles. The SMILES string of the molecule is CCN(CC)c1c(O)cccc1C=O. The van der Waals surface area contributed by atoms with Crippen molar-refractivity contribution in [2.75, 3.05) is 18.0 Å². The van der Waals surface area contributed by atoms with Gasteiger partial charge in [0.2, 0.25) is 0 Å². The van der Waals surface area contributed by atoms with E-state index in [0.717, 1.165) is 19.4 Å². The maximum Gasteiger partial charge on any atom is 0.152 e. The van der Waals surface area contributed by atoms with Crippen LogP contribution in [0.3, 0.4) is 0 Å². The second kappa shape index (κ2) is 4.65. The van der Waals surface area contributed by atoms with Gasteiger partial charge in [0.25, 0.3) is 0 Å². The summed E-state index contributed by atoms with van der Waals surface area (Å²) < 4.78 is 0. The Labute approximate surface area is 84.0 Å². The molecule has 1 aromatic carbocycles. The molecule has 0 aliphatic heterocycles. The zero-order valence-corrected chi connectivity index (χ0v) is 8.53. The molecule has 14 heavy (non-hydrogen) atoms. The summed E-state index contributed by atoms with van der Waals surface area (Å²) in [6.45, 7) is 5.53. The van der Waals surface area contributed by atoms with Gasteiger partial charge in [-0.3, -0.25) is 4.79 Å². The van der Waals surface area contributed by atoms with Crippen molar-refractivity contribution >= 4 is 12.0 Å². The van der Waals surface area contributed by atoms with Crippen LogP contribution in [0.15, 0.2) is 18.2 Å². The molecule has 0 radical (unpaired) electrons. The molecule has 0 saturated heterocycles. The second-order valence-electron chi connectivity index (χ2n) is 3.01. The largest absolute Gasteiger partial charge is 0.506 e. The Kier molecular flexibility index (Phi) is 3.51. The summed E-state index contributed by atoms with van der Waals surface area (Å²) in [5.74, 6) is 0.165. The fourth-order valence-corrected chi connectivity index (χ4v) is 1.53. The molecule has 3 heteroatoms. The molecule has 0 aliphatic carbocycles. The van der Waals surface area contributed by atoms with E-state index in [1.807, 2.05) is 18.7 Å². The van der Waals surface area contributed by atoms with Crippen molar-refractivity contribution in [2.45, 2.75) is 13.8 Å². The molecule has 3 nitrogen and oxygen atoms in total. The predicted octanol–water partition coefficient (Wildman–Crippen LogP) is 2.05. The van der Waals surface area contributed by atoms with Crippen molar-refractivity contribution in [3.63, 3.8) is 0 Å². The summed E-state index contributed by atoms with van der Waals surface area (Å²) in [6.07, 6.45) is 0.771. The molecule has 0 atom stereocenters. The smallest absolute Gasteiger partial charge is 0.152 e. The summed E-state index contributed by atoms with van der Waals surface area (Å²) in [5, 5.41) is 9.65. The standard InChI is InChI=1S/C11H15NO2/c1-3-12(4-2)11-9(8-13)6-5-7-10(11)14/h5-8,14H,3-4H2,1-2H3. The Bertz CT molecular complexity index is 319. The number of anilines is 1. The lowest BCUT2D eigenvalue weighted by Crippen LogP contribution is -2.23. The van der Waals surface area contributed by atoms with Crippen LogP contribution < -0.4 is 4.90 Å². The molecule has 0 fully saturated rings. The molecule has 1 N–H and O–H groups in total. The van der Waals surface area contributed by atoms with Crippen molar-refractivity contribution in [3.05, 3.63) is 23.8 Å². The Balaban J connectivity index is 3.21. The Morgan fingerprint density at radius 3 is 2.50 bits per heavy atom. The van der Waals surface area contributed by atoms with Gasteiger partial charge in [-0.15, -0.1) is 0 Å². The number of hydrogen-bond donors (Lipinski definition) is 1. The van der Waals surface area contributed by atoms with E-state index < -0.39 is 0 Å². The molecule has 0 aliphatic rings. The third-order valence-corrected chi connectivity index (χ3v) is 2.25. The van der Waals surface area contributed by atoms with Crippen LogP contribution in [0.1, 0.15) is 24.2 Å². The van der Waals surface area contributed by atoms with Gasteiger partial charge in [0.15, 0.2) is 6.29 Å². The number of benzene rings is 1. The van der Waals surface area contributed by atoms with Gasteiger partial charge in [-0.2, -0.15) is 0 Å². The van der Waals surface area contributed by atoms with Gasteiger partial charge in [0.05, 0.1) is 5.69 Å². The molecule has 0 heterocycles. The highest BCUT2D eigenvalue weighted by Crippen LogP contribution is 2.29. The number of carbonyl (C=O) groups is 1. The van der Waals surface area contributed by atoms with E-state index in [9.17, 15) is 9.90 Å². The molecular weight excluding hydrogens is 178 g/mol. The van der Waals surface area contributed by atoms with Crippen LogP contribution >= 0.6 is 0 Å². The third kappa shape index (κ3) is 1.87. The minimum absolute atomic E-state index is 0.165. The molecule has 0 bridgehead atoms. The molecule has 76 valence electrons. The Hall–Kier alpha value is -1.51. The Morgan fingerprint density at radius 1 is 1.36 bits per heavy atom. The lowest BCUT2D eigenvalue weighted by atomic mass is 10.1. The predicted molar refractivity (Wildman–Crippen MR) is 57.1 cm³/mol. The normalized spacial score (nSPS) is 9.86. The maximum absolute atomic E-state index is 10.8. The van der Waals surface area contributed by atoms with Crippen LogP contribution in [0, 0.1) is 0 Å². The molecule has 1 rings (SSSR count). The van der Waals surface area contributed by atoms with Crippen molar-refractivity contribution < 1.29 is 9.90 Å². The van der Waals surface area contributed by atoms with E-state index in [1.54, 1.807) is 18.2 Å². The number of phenolic OH excluding ortho intramolecular Hbond substituents is 1. The molecule has 0 amide bonds. The van der Waals surface area contributed by atoms with Crippen molar-refractivity contribution in [1.29, 1.82) is 0 Å². The van der Waals surface area contributed by atoms with Crippen LogP contribution in [0.4, 0.5) is 5.69 Å². The monoisotopic (exact) mass is 193 g/mol. The first-order chi connectivity index (χ1) is 6.74. The molecule has 0 aromatic heterocycles. The number of para-hydroxylation sites is 1. The summed E-state index contributed by atoms with van der Waals surface area (Å²) in [5.41, 5.74) is 1.17. The quantitative estimate of drug-likeness (QED) is 0.744. The minimum Gasteiger partial charge on any atom is -0.506 e. The molecule has 0 unspecified atom stereocenters. The number of nitrogens with zero attached hydrogens (tertiary/aromatic N) is 1. The van der Waals surface area contributed by atoms with E-state index in [4.69, 9.17) is 0 Å². The number of rotatable bonds is 4. The van der Waals surface area contributed by atoms with Gasteiger partial charge in [0.1, 0.15) is 5.75 Å². The van der Waals surface area contributed by atoms with Gasteiger partial charge >= 0.3 is 0 Å². The van der Waals surface area contributed by atoms with E-state index >= 15 is 0 Å². The van der Waals surface area contributed by atoms with Crippen LogP contribution in [-0.4, -0.2) is 24.5 Å². The number of aromatic hydroxyl groups is 1. The van der Waals surface area contributed by atoms with E-state index in [1.165, 1.54) is 0 Å². The third-order valence-electron chi connectivity index (χ3n) is 2.25. The first-order valence-electron chi connectivity index (χ1n) is 4.76. The highest BCUT2D eigenvalue weighted by Gasteiger charge is 2.11. The number of phenols is 1. The van der Waals surface area contributed by atoms with Gasteiger partial charge in [-0.25, -0.2) is 0 Å². The maximum atomic E-state index is 10.8. The summed E-state index contributed by atoms with van der Waals surface area (Å²) in [4.78, 5) is 12.7. The summed E-state index contributed by atoms with van der Waals surface area (Å²) in [7, 11) is 0. The fourth-order valence-electron chi connectivity index (χ4n) is 1.53. The van der Waals surface area contributed by atoms with Crippen molar-refractivity contribution in [1.82, 2.24) is 0 Å². The number of hydrogen-bond acceptors (Lipinski definition) is 3. The summed E-state index contributed by atoms with van der Waals surface area (Å²) in [6, 6.07) is 4.98. The zero-order chi connectivity index (χ0) is 10.6. The fraction of sp³-hybridized carbons (Fsp3) is 0.364. The molecule has 0 spiro atoms. The minimum atomic E-state index is 0.165. The summed E-state index contributed by atoms with van der Waals surface area (Å²) >= 11 is 0. The van der Waals surface area contributed by atoms with Gasteiger partial charge in [0, 0.05) is 18.7 Å². The number of carbonyl (C=O) groups excluding carboxylic acids is 1. The zero-order valence-electron chi connectivity index (χ0n) is 8.53. The lowest BCUT2D eigenvalue weighted by molar-refractivity contribution is 0.112. The highest BCUT2D eigenvalue weighted by molar-refractivity contribution is 5.87. The molecule has 1 aromatic rings. The van der Waals surface area contributed by atoms with Gasteiger partial charge < -0.3 is 10.0 Å². The number of aldehydes is 1. The first-order valence-corrected chi connectivity index (χ1v) is 4.76. The van der Waals surface area contributed by atoms with E-state index in [2.05, 4.69) is 0 Å². The van der Waals surface area contributed by atoms with Crippen LogP contribution in [-0.2, 0) is 0 Å². The van der Waals surface area contributed by atoms with Crippen LogP contribution in [0.25, 0.3) is 0 Å². The average Bonchev–Trinajstić information content (AvgIpc) is 2.22. The van der Waals surface area contributed by atoms with Gasteiger partial charge in [-0.05, 0) is 26.0 Å². The molecular formula is C11H15NO2. The van der Waals surface area contributed by atoms with E-state index in [-0.39, 0.29) is 5.75 Å². The van der Waals surface area contributed by atoms with Crippen LogP contribution in [0.5, 0.6) is 5.75 Å². The Morgan fingerprint density at radius 2 is 2.00 bits per heavy atom. The van der Waals surface area contributed by atoms with E-state index in [0.29, 0.717) is 11.3 Å². The first kappa shape index (κ1) is 10.6. The average molecular weight is 193 g/mol. The van der Waals surface area contributed by atoms with Crippen molar-refractivity contribution in [3.8, 4) is 5.75 Å².